The molecule has 1 aliphatic carbocycles. The Kier molecular flexibility index (Phi) is 2.88. The Morgan fingerprint density at radius 2 is 2.36 bits per heavy atom. The van der Waals surface area contributed by atoms with Gasteiger partial charge in [-0.15, -0.1) is 0 Å². The van der Waals surface area contributed by atoms with Gasteiger partial charge in [-0.1, -0.05) is 13.3 Å². The van der Waals surface area contributed by atoms with E-state index in [1.54, 1.807) is 0 Å². The lowest BCUT2D eigenvalue weighted by atomic mass is 10.2. The molecule has 1 saturated carbocycles. The molecule has 0 saturated heterocycles. The minimum atomic E-state index is -0.791. The second-order valence-electron chi connectivity index (χ2n) is 3.09. The minimum absolute atomic E-state index is 0.200. The maximum atomic E-state index is 11.0. The van der Waals surface area contributed by atoms with Crippen molar-refractivity contribution < 1.29 is 9.90 Å². The molecule has 2 N–H and O–H groups in total. The normalized spacial score (nSPS) is 19.5. The Labute approximate surface area is 66.8 Å². The van der Waals surface area contributed by atoms with Crippen LogP contribution in [0.25, 0.3) is 0 Å². The maximum absolute atomic E-state index is 11.0. The Morgan fingerprint density at radius 1 is 1.73 bits per heavy atom. The van der Waals surface area contributed by atoms with E-state index in [4.69, 9.17) is 0 Å². The molecule has 64 valence electrons. The summed E-state index contributed by atoms with van der Waals surface area (Å²) < 4.78 is 0. The van der Waals surface area contributed by atoms with Crippen LogP contribution in [-0.4, -0.2) is 23.2 Å². The topological polar surface area (TPSA) is 49.3 Å². The highest BCUT2D eigenvalue weighted by Gasteiger charge is 2.25. The van der Waals surface area contributed by atoms with E-state index in [1.165, 1.54) is 0 Å². The average molecular weight is 157 g/mol. The fourth-order valence-electron chi connectivity index (χ4n) is 0.930. The molecule has 1 rings (SSSR count). The van der Waals surface area contributed by atoms with E-state index in [2.05, 4.69) is 5.32 Å². The number of aliphatic hydroxyl groups is 1. The van der Waals surface area contributed by atoms with Crippen LogP contribution >= 0.6 is 0 Å². The number of aliphatic hydroxyl groups excluding tert-OH is 1. The van der Waals surface area contributed by atoms with Gasteiger partial charge in [0, 0.05) is 6.04 Å². The van der Waals surface area contributed by atoms with Crippen molar-refractivity contribution >= 4 is 5.91 Å². The van der Waals surface area contributed by atoms with Gasteiger partial charge in [0.05, 0.1) is 0 Å². The second kappa shape index (κ2) is 3.72. The molecule has 3 nitrogen and oxygen atoms in total. The van der Waals surface area contributed by atoms with Crippen LogP contribution in [0.5, 0.6) is 0 Å². The van der Waals surface area contributed by atoms with Gasteiger partial charge < -0.3 is 10.4 Å². The monoisotopic (exact) mass is 157 g/mol. The molecule has 11 heavy (non-hydrogen) atoms. The predicted octanol–water partition coefficient (Wildman–Crippen LogP) is 0.426. The van der Waals surface area contributed by atoms with Gasteiger partial charge in [-0.05, 0) is 19.3 Å². The highest BCUT2D eigenvalue weighted by atomic mass is 16.3. The van der Waals surface area contributed by atoms with Crippen LogP contribution in [0, 0.1) is 0 Å². The Hall–Kier alpha value is -0.570. The molecule has 0 aromatic carbocycles. The van der Waals surface area contributed by atoms with Crippen molar-refractivity contribution in [1.82, 2.24) is 5.32 Å². The fourth-order valence-corrected chi connectivity index (χ4v) is 0.930. The summed E-state index contributed by atoms with van der Waals surface area (Å²) in [4.78, 5) is 11.0. The second-order valence-corrected chi connectivity index (χ2v) is 3.09. The number of hydrogen-bond acceptors (Lipinski definition) is 2. The third-order valence-corrected chi connectivity index (χ3v) is 1.79. The van der Waals surface area contributed by atoms with Crippen molar-refractivity contribution in [3.8, 4) is 0 Å². The van der Waals surface area contributed by atoms with Crippen LogP contribution < -0.4 is 5.32 Å². The lowest BCUT2D eigenvalue weighted by molar-refractivity contribution is -0.129. The summed E-state index contributed by atoms with van der Waals surface area (Å²) >= 11 is 0. The molecule has 0 spiro atoms. The molecule has 0 heterocycles. The average Bonchev–Trinajstić information content (AvgIpc) is 2.72. The molecule has 0 aliphatic heterocycles. The number of amides is 1. The van der Waals surface area contributed by atoms with Crippen LogP contribution in [0.3, 0.4) is 0 Å². The quantitative estimate of drug-likeness (QED) is 0.621. The SMILES string of the molecule is CCCC(O)C(=O)NC1CC1. The van der Waals surface area contributed by atoms with Gasteiger partial charge in [0.15, 0.2) is 0 Å². The van der Waals surface area contributed by atoms with Crippen LogP contribution in [0.1, 0.15) is 32.6 Å². The predicted molar refractivity (Wildman–Crippen MR) is 42.1 cm³/mol. The number of rotatable bonds is 4. The molecule has 1 amide bonds. The fraction of sp³-hybridized carbons (Fsp3) is 0.875. The number of carbonyl (C=O) groups is 1. The zero-order valence-electron chi connectivity index (χ0n) is 6.84. The summed E-state index contributed by atoms with van der Waals surface area (Å²) in [6.45, 7) is 1.95. The summed E-state index contributed by atoms with van der Waals surface area (Å²) in [7, 11) is 0. The highest BCUT2D eigenvalue weighted by molar-refractivity contribution is 5.80. The molecule has 0 radical (unpaired) electrons. The van der Waals surface area contributed by atoms with Crippen LogP contribution in [0.4, 0.5) is 0 Å². The standard InChI is InChI=1S/C8H15NO2/c1-2-3-7(10)8(11)9-6-4-5-6/h6-7,10H,2-5H2,1H3,(H,9,11). The first-order chi connectivity index (χ1) is 5.24. The molecule has 0 aromatic rings. The van der Waals surface area contributed by atoms with E-state index in [9.17, 15) is 9.90 Å². The third-order valence-electron chi connectivity index (χ3n) is 1.79. The Morgan fingerprint density at radius 3 is 2.82 bits per heavy atom. The van der Waals surface area contributed by atoms with E-state index >= 15 is 0 Å². The van der Waals surface area contributed by atoms with Crippen molar-refractivity contribution in [3.63, 3.8) is 0 Å². The molecule has 0 bridgehead atoms. The highest BCUT2D eigenvalue weighted by Crippen LogP contribution is 2.18. The van der Waals surface area contributed by atoms with Crippen molar-refractivity contribution in [1.29, 1.82) is 0 Å². The van der Waals surface area contributed by atoms with Gasteiger partial charge in [-0.25, -0.2) is 0 Å². The van der Waals surface area contributed by atoms with Gasteiger partial charge in [0.1, 0.15) is 6.10 Å². The zero-order chi connectivity index (χ0) is 8.27. The molecular weight excluding hydrogens is 142 g/mol. The largest absolute Gasteiger partial charge is 0.383 e. The van der Waals surface area contributed by atoms with Gasteiger partial charge in [0.2, 0.25) is 5.91 Å². The smallest absolute Gasteiger partial charge is 0.249 e. The van der Waals surface area contributed by atoms with E-state index in [0.717, 1.165) is 19.3 Å². The van der Waals surface area contributed by atoms with E-state index < -0.39 is 6.10 Å². The number of nitrogens with one attached hydrogen (secondary N) is 1. The zero-order valence-corrected chi connectivity index (χ0v) is 6.84. The van der Waals surface area contributed by atoms with Crippen molar-refractivity contribution in [2.75, 3.05) is 0 Å². The van der Waals surface area contributed by atoms with Gasteiger partial charge >= 0.3 is 0 Å². The Balaban J connectivity index is 2.15. The summed E-state index contributed by atoms with van der Waals surface area (Å²) in [5.41, 5.74) is 0. The number of hydrogen-bond donors (Lipinski definition) is 2. The van der Waals surface area contributed by atoms with Gasteiger partial charge in [0.25, 0.3) is 0 Å². The first-order valence-corrected chi connectivity index (χ1v) is 4.22. The molecular formula is C8H15NO2. The minimum Gasteiger partial charge on any atom is -0.383 e. The summed E-state index contributed by atoms with van der Waals surface area (Å²) in [6.07, 6.45) is 2.77. The molecule has 3 heteroatoms. The molecule has 1 unspecified atom stereocenters. The lowest BCUT2D eigenvalue weighted by Crippen LogP contribution is -2.35. The third kappa shape index (κ3) is 2.89. The molecule has 1 atom stereocenters. The van der Waals surface area contributed by atoms with Crippen LogP contribution in [-0.2, 0) is 4.79 Å². The lowest BCUT2D eigenvalue weighted by Gasteiger charge is -2.08. The van der Waals surface area contributed by atoms with Crippen molar-refractivity contribution in [2.45, 2.75) is 44.8 Å². The summed E-state index contributed by atoms with van der Waals surface area (Å²) in [6, 6.07) is 0.356. The summed E-state index contributed by atoms with van der Waals surface area (Å²) in [5.74, 6) is -0.200. The van der Waals surface area contributed by atoms with E-state index in [0.29, 0.717) is 12.5 Å². The van der Waals surface area contributed by atoms with Gasteiger partial charge in [-0.2, -0.15) is 0 Å². The van der Waals surface area contributed by atoms with Crippen molar-refractivity contribution in [3.05, 3.63) is 0 Å². The molecule has 1 fully saturated rings. The summed E-state index contributed by atoms with van der Waals surface area (Å²) in [5, 5.41) is 11.9. The van der Waals surface area contributed by atoms with Gasteiger partial charge in [-0.3, -0.25) is 4.79 Å². The molecule has 0 aromatic heterocycles. The number of carbonyl (C=O) groups excluding carboxylic acids is 1. The van der Waals surface area contributed by atoms with Crippen LogP contribution in [0.15, 0.2) is 0 Å². The first kappa shape index (κ1) is 8.53. The first-order valence-electron chi connectivity index (χ1n) is 4.22. The van der Waals surface area contributed by atoms with E-state index in [1.807, 2.05) is 6.92 Å². The Bertz CT molecular complexity index is 143. The van der Waals surface area contributed by atoms with E-state index in [-0.39, 0.29) is 5.91 Å². The maximum Gasteiger partial charge on any atom is 0.249 e. The molecule has 1 aliphatic rings. The van der Waals surface area contributed by atoms with Crippen LogP contribution in [0.2, 0.25) is 0 Å². The van der Waals surface area contributed by atoms with Crippen molar-refractivity contribution in [2.24, 2.45) is 0 Å².